The van der Waals surface area contributed by atoms with Crippen LogP contribution in [0.5, 0.6) is 11.5 Å². The minimum atomic E-state index is -3.75. The number of aromatic nitrogens is 1. The van der Waals surface area contributed by atoms with Crippen LogP contribution in [0.1, 0.15) is 5.01 Å². The third-order valence-electron chi connectivity index (χ3n) is 3.17. The molecule has 0 aliphatic heterocycles. The van der Waals surface area contributed by atoms with Gasteiger partial charge in [-0.2, -0.15) is 12.7 Å². The van der Waals surface area contributed by atoms with Gasteiger partial charge in [-0.25, -0.2) is 4.98 Å². The van der Waals surface area contributed by atoms with Gasteiger partial charge in [0.2, 0.25) is 0 Å². The molecule has 3 rings (SSSR count). The molecule has 0 fully saturated rings. The van der Waals surface area contributed by atoms with Gasteiger partial charge in [0.05, 0.1) is 10.2 Å². The first kappa shape index (κ1) is 16.7. The SMILES string of the molecule is CN(C)S(=O)(=O)Oc1ccc(OCc2nc3ccccc3s2)cc1. The molecular formula is C16H16N2O4S2. The highest BCUT2D eigenvalue weighted by Gasteiger charge is 2.15. The van der Waals surface area contributed by atoms with E-state index in [1.807, 2.05) is 24.3 Å². The van der Waals surface area contributed by atoms with Crippen LogP contribution in [-0.4, -0.2) is 31.8 Å². The monoisotopic (exact) mass is 364 g/mol. The van der Waals surface area contributed by atoms with Gasteiger partial charge in [-0.05, 0) is 36.4 Å². The van der Waals surface area contributed by atoms with Crippen LogP contribution in [-0.2, 0) is 16.9 Å². The lowest BCUT2D eigenvalue weighted by Gasteiger charge is -2.12. The Morgan fingerprint density at radius 3 is 2.38 bits per heavy atom. The number of benzene rings is 2. The number of rotatable bonds is 6. The molecule has 0 aliphatic rings. The normalized spacial score (nSPS) is 11.8. The van der Waals surface area contributed by atoms with Crippen molar-refractivity contribution in [3.05, 3.63) is 53.5 Å². The number of para-hydroxylation sites is 1. The van der Waals surface area contributed by atoms with Crippen molar-refractivity contribution in [2.24, 2.45) is 0 Å². The third kappa shape index (κ3) is 3.84. The van der Waals surface area contributed by atoms with Crippen molar-refractivity contribution < 1.29 is 17.3 Å². The van der Waals surface area contributed by atoms with Crippen LogP contribution in [0.2, 0.25) is 0 Å². The van der Waals surface area contributed by atoms with Crippen LogP contribution in [0, 0.1) is 0 Å². The molecule has 8 heteroatoms. The second kappa shape index (κ2) is 6.76. The zero-order chi connectivity index (χ0) is 17.2. The quantitative estimate of drug-likeness (QED) is 0.672. The Kier molecular flexibility index (Phi) is 4.70. The van der Waals surface area contributed by atoms with E-state index in [-0.39, 0.29) is 5.75 Å². The average Bonchev–Trinajstić information content (AvgIpc) is 2.96. The molecule has 24 heavy (non-hydrogen) atoms. The van der Waals surface area contributed by atoms with E-state index >= 15 is 0 Å². The summed E-state index contributed by atoms with van der Waals surface area (Å²) in [5, 5.41) is 0.881. The van der Waals surface area contributed by atoms with E-state index < -0.39 is 10.3 Å². The number of thiazole rings is 1. The summed E-state index contributed by atoms with van der Waals surface area (Å²) < 4.78 is 36.1. The third-order valence-corrected chi connectivity index (χ3v) is 5.48. The highest BCUT2D eigenvalue weighted by molar-refractivity contribution is 7.84. The molecule has 126 valence electrons. The highest BCUT2D eigenvalue weighted by atomic mass is 32.2. The van der Waals surface area contributed by atoms with E-state index in [2.05, 4.69) is 4.98 Å². The summed E-state index contributed by atoms with van der Waals surface area (Å²) in [6.45, 7) is 0.357. The summed E-state index contributed by atoms with van der Waals surface area (Å²) in [7, 11) is -0.935. The van der Waals surface area contributed by atoms with Gasteiger partial charge in [-0.1, -0.05) is 12.1 Å². The number of fused-ring (bicyclic) bond motifs is 1. The second-order valence-corrected chi connectivity index (χ2v) is 8.03. The Morgan fingerprint density at radius 2 is 1.71 bits per heavy atom. The first-order valence-electron chi connectivity index (χ1n) is 7.13. The summed E-state index contributed by atoms with van der Waals surface area (Å²) in [5.74, 6) is 0.847. The maximum atomic E-state index is 11.6. The molecule has 0 aliphatic carbocycles. The van der Waals surface area contributed by atoms with Crippen molar-refractivity contribution in [1.29, 1.82) is 0 Å². The largest absolute Gasteiger partial charge is 0.486 e. The van der Waals surface area contributed by atoms with Gasteiger partial charge in [0, 0.05) is 14.1 Å². The highest BCUT2D eigenvalue weighted by Crippen LogP contribution is 2.24. The Hall–Kier alpha value is -2.16. The number of ether oxygens (including phenoxy) is 1. The minimum Gasteiger partial charge on any atom is -0.486 e. The molecule has 0 atom stereocenters. The zero-order valence-corrected chi connectivity index (χ0v) is 14.8. The van der Waals surface area contributed by atoms with E-state index in [1.165, 1.54) is 14.1 Å². The Bertz CT molecular complexity index is 901. The van der Waals surface area contributed by atoms with Gasteiger partial charge in [-0.3, -0.25) is 0 Å². The summed E-state index contributed by atoms with van der Waals surface area (Å²) in [6, 6.07) is 14.3. The number of nitrogens with zero attached hydrogens (tertiary/aromatic N) is 2. The van der Waals surface area contributed by atoms with E-state index in [1.54, 1.807) is 35.6 Å². The smallest absolute Gasteiger partial charge is 0.384 e. The lowest BCUT2D eigenvalue weighted by Crippen LogP contribution is -2.26. The molecule has 1 aromatic heterocycles. The predicted molar refractivity (Wildman–Crippen MR) is 93.6 cm³/mol. The fourth-order valence-electron chi connectivity index (χ4n) is 1.91. The van der Waals surface area contributed by atoms with Crippen LogP contribution >= 0.6 is 11.3 Å². The Morgan fingerprint density at radius 1 is 1.04 bits per heavy atom. The number of hydrogen-bond acceptors (Lipinski definition) is 6. The van der Waals surface area contributed by atoms with Gasteiger partial charge < -0.3 is 8.92 Å². The topological polar surface area (TPSA) is 68.7 Å². The Balaban J connectivity index is 1.64. The fourth-order valence-corrected chi connectivity index (χ4v) is 3.30. The standard InChI is InChI=1S/C16H16N2O4S2/c1-18(2)24(19,20)22-13-9-7-12(8-10-13)21-11-16-17-14-5-3-4-6-15(14)23-16/h3-10H,11H2,1-2H3. The minimum absolute atomic E-state index is 0.232. The van der Waals surface area contributed by atoms with Crippen LogP contribution < -0.4 is 8.92 Å². The molecule has 0 unspecified atom stereocenters. The lowest BCUT2D eigenvalue weighted by atomic mass is 10.3. The predicted octanol–water partition coefficient (Wildman–Crippen LogP) is 3.06. The molecule has 0 N–H and O–H groups in total. The van der Waals surface area contributed by atoms with Crippen molar-refractivity contribution in [3.8, 4) is 11.5 Å². The van der Waals surface area contributed by atoms with Gasteiger partial charge in [-0.15, -0.1) is 11.3 Å². The Labute approximate surface area is 144 Å². The van der Waals surface area contributed by atoms with Crippen molar-refractivity contribution in [3.63, 3.8) is 0 Å². The first-order chi connectivity index (χ1) is 11.4. The molecule has 1 heterocycles. The average molecular weight is 364 g/mol. The molecule has 0 bridgehead atoms. The molecular weight excluding hydrogens is 348 g/mol. The molecule has 3 aromatic rings. The van der Waals surface area contributed by atoms with Crippen LogP contribution in [0.4, 0.5) is 0 Å². The van der Waals surface area contributed by atoms with Crippen LogP contribution in [0.25, 0.3) is 10.2 Å². The van der Waals surface area contributed by atoms with E-state index in [0.717, 1.165) is 19.5 Å². The zero-order valence-electron chi connectivity index (χ0n) is 13.2. The van der Waals surface area contributed by atoms with E-state index in [9.17, 15) is 8.42 Å². The molecule has 6 nitrogen and oxygen atoms in total. The summed E-state index contributed by atoms with van der Waals surface area (Å²) in [4.78, 5) is 4.50. The first-order valence-corrected chi connectivity index (χ1v) is 9.31. The molecule has 0 spiro atoms. The van der Waals surface area contributed by atoms with E-state index in [4.69, 9.17) is 8.92 Å². The molecule has 0 radical (unpaired) electrons. The van der Waals surface area contributed by atoms with Crippen molar-refractivity contribution in [2.75, 3.05) is 14.1 Å². The maximum absolute atomic E-state index is 11.6. The summed E-state index contributed by atoms with van der Waals surface area (Å²) >= 11 is 1.59. The van der Waals surface area contributed by atoms with E-state index in [0.29, 0.717) is 12.4 Å². The van der Waals surface area contributed by atoms with Gasteiger partial charge in [0.15, 0.2) is 0 Å². The second-order valence-electron chi connectivity index (χ2n) is 5.16. The van der Waals surface area contributed by atoms with Crippen molar-refractivity contribution in [2.45, 2.75) is 6.61 Å². The van der Waals surface area contributed by atoms with Gasteiger partial charge in [0.1, 0.15) is 23.1 Å². The van der Waals surface area contributed by atoms with Gasteiger partial charge >= 0.3 is 10.3 Å². The lowest BCUT2D eigenvalue weighted by molar-refractivity contribution is 0.305. The molecule has 0 saturated carbocycles. The molecule has 0 saturated heterocycles. The molecule has 2 aromatic carbocycles. The van der Waals surface area contributed by atoms with Crippen molar-refractivity contribution in [1.82, 2.24) is 9.29 Å². The fraction of sp³-hybridized carbons (Fsp3) is 0.188. The number of hydrogen-bond donors (Lipinski definition) is 0. The van der Waals surface area contributed by atoms with Crippen molar-refractivity contribution >= 4 is 31.9 Å². The summed E-state index contributed by atoms with van der Waals surface area (Å²) in [6.07, 6.45) is 0. The van der Waals surface area contributed by atoms with Crippen LogP contribution in [0.3, 0.4) is 0 Å². The summed E-state index contributed by atoms with van der Waals surface area (Å²) in [5.41, 5.74) is 0.957. The van der Waals surface area contributed by atoms with Crippen LogP contribution in [0.15, 0.2) is 48.5 Å². The molecule has 0 amide bonds. The maximum Gasteiger partial charge on any atom is 0.384 e. The van der Waals surface area contributed by atoms with Gasteiger partial charge in [0.25, 0.3) is 0 Å².